The van der Waals surface area contributed by atoms with Crippen molar-refractivity contribution in [2.75, 3.05) is 26.3 Å². The summed E-state index contributed by atoms with van der Waals surface area (Å²) >= 11 is 0. The van der Waals surface area contributed by atoms with E-state index < -0.39 is 41.2 Å². The number of halogens is 6. The van der Waals surface area contributed by atoms with Gasteiger partial charge in [0, 0.05) is 32.0 Å². The van der Waals surface area contributed by atoms with Crippen LogP contribution in [0.4, 0.5) is 26.3 Å². The minimum absolute atomic E-state index is 0.0513. The molecule has 4 rings (SSSR count). The Bertz CT molecular complexity index is 942. The predicted molar refractivity (Wildman–Crippen MR) is 123 cm³/mol. The summed E-state index contributed by atoms with van der Waals surface area (Å²) in [5.41, 5.74) is -3.76. The molecule has 1 aromatic rings. The molecule has 37 heavy (non-hydrogen) atoms. The van der Waals surface area contributed by atoms with Crippen molar-refractivity contribution in [1.82, 2.24) is 10.2 Å². The first-order valence-corrected chi connectivity index (χ1v) is 12.8. The second-order valence-corrected chi connectivity index (χ2v) is 10.8. The van der Waals surface area contributed by atoms with Crippen LogP contribution in [-0.2, 0) is 33.2 Å². The lowest BCUT2D eigenvalue weighted by atomic mass is 9.74. The predicted octanol–water partition coefficient (Wildman–Crippen LogP) is 5.76. The Balaban J connectivity index is 1.45. The molecular formula is C26H34F6N2O3. The van der Waals surface area contributed by atoms with Crippen molar-refractivity contribution in [2.45, 2.75) is 83.1 Å². The summed E-state index contributed by atoms with van der Waals surface area (Å²) in [6.45, 7) is 6.29. The number of carbonyl (C=O) groups excluding carboxylic acids is 1. The number of carbonyl (C=O) groups is 1. The van der Waals surface area contributed by atoms with Crippen LogP contribution < -0.4 is 5.32 Å². The van der Waals surface area contributed by atoms with Gasteiger partial charge in [-0.25, -0.2) is 0 Å². The average Bonchev–Trinajstić information content (AvgIpc) is 3.42. The molecule has 0 radical (unpaired) electrons. The largest absolute Gasteiger partial charge is 0.416 e. The van der Waals surface area contributed by atoms with Crippen LogP contribution in [0.5, 0.6) is 0 Å². The fourth-order valence-electron chi connectivity index (χ4n) is 6.09. The lowest BCUT2D eigenvalue weighted by molar-refractivity contribution is -0.164. The van der Waals surface area contributed by atoms with Gasteiger partial charge in [-0.2, -0.15) is 26.3 Å². The highest BCUT2D eigenvalue weighted by atomic mass is 19.4. The number of likely N-dealkylation sites (tertiary alicyclic amines) is 1. The molecular weight excluding hydrogens is 502 g/mol. The molecule has 208 valence electrons. The summed E-state index contributed by atoms with van der Waals surface area (Å²) in [5, 5.41) is 2.66. The minimum Gasteiger partial charge on any atom is -0.352 e. The van der Waals surface area contributed by atoms with E-state index in [1.807, 2.05) is 13.8 Å². The summed E-state index contributed by atoms with van der Waals surface area (Å²) in [5.74, 6) is -0.894. The smallest absolute Gasteiger partial charge is 0.352 e. The van der Waals surface area contributed by atoms with Gasteiger partial charge in [-0.15, -0.1) is 0 Å². The molecule has 0 bridgehead atoms. The number of hydrogen-bond donors (Lipinski definition) is 1. The van der Waals surface area contributed by atoms with Crippen LogP contribution in [0.3, 0.4) is 0 Å². The number of benzene rings is 1. The molecule has 2 aliphatic heterocycles. The Morgan fingerprint density at radius 1 is 1.00 bits per heavy atom. The molecule has 5 nitrogen and oxygen atoms in total. The van der Waals surface area contributed by atoms with Gasteiger partial charge in [0.15, 0.2) is 5.79 Å². The zero-order chi connectivity index (χ0) is 27.1. The lowest BCUT2D eigenvalue weighted by Crippen LogP contribution is -2.44. The van der Waals surface area contributed by atoms with Crippen molar-refractivity contribution in [1.29, 1.82) is 0 Å². The van der Waals surface area contributed by atoms with Gasteiger partial charge in [0.1, 0.15) is 0 Å². The highest BCUT2D eigenvalue weighted by molar-refractivity contribution is 5.83. The van der Waals surface area contributed by atoms with E-state index >= 15 is 0 Å². The maximum Gasteiger partial charge on any atom is 0.416 e. The third-order valence-corrected chi connectivity index (χ3v) is 8.29. The van der Waals surface area contributed by atoms with Gasteiger partial charge in [-0.05, 0) is 61.9 Å². The second-order valence-electron chi connectivity index (χ2n) is 10.8. The highest BCUT2D eigenvalue weighted by Gasteiger charge is 2.49. The molecule has 3 fully saturated rings. The molecule has 1 aromatic carbocycles. The van der Waals surface area contributed by atoms with Crippen LogP contribution in [0, 0.1) is 11.3 Å². The zero-order valence-corrected chi connectivity index (χ0v) is 21.1. The molecule has 11 heteroatoms. The van der Waals surface area contributed by atoms with E-state index in [0.29, 0.717) is 38.2 Å². The topological polar surface area (TPSA) is 50.8 Å². The molecule has 0 aromatic heterocycles. The summed E-state index contributed by atoms with van der Waals surface area (Å²) in [6, 6.07) is 1.58. The first-order chi connectivity index (χ1) is 17.2. The fraction of sp³-hybridized carbons (Fsp3) is 0.731. The molecule has 2 saturated heterocycles. The highest BCUT2D eigenvalue weighted by Crippen LogP contribution is 2.47. The molecule has 3 aliphatic rings. The van der Waals surface area contributed by atoms with Crippen molar-refractivity contribution < 1.29 is 40.6 Å². The van der Waals surface area contributed by atoms with Gasteiger partial charge in [0.2, 0.25) is 5.91 Å². The van der Waals surface area contributed by atoms with E-state index in [9.17, 15) is 31.1 Å². The van der Waals surface area contributed by atoms with Gasteiger partial charge in [0.05, 0.1) is 29.8 Å². The quantitative estimate of drug-likeness (QED) is 0.486. The van der Waals surface area contributed by atoms with Gasteiger partial charge in [-0.1, -0.05) is 13.8 Å². The van der Waals surface area contributed by atoms with Gasteiger partial charge >= 0.3 is 12.4 Å². The molecule has 1 amide bonds. The number of rotatable bonds is 5. The molecule has 2 unspecified atom stereocenters. The molecule has 2 heterocycles. The third-order valence-electron chi connectivity index (χ3n) is 8.29. The fourth-order valence-corrected chi connectivity index (χ4v) is 6.09. The Kier molecular flexibility index (Phi) is 7.90. The van der Waals surface area contributed by atoms with Gasteiger partial charge in [-0.3, -0.25) is 4.79 Å². The van der Waals surface area contributed by atoms with Crippen LogP contribution >= 0.6 is 0 Å². The van der Waals surface area contributed by atoms with Crippen molar-refractivity contribution in [3.8, 4) is 0 Å². The van der Waals surface area contributed by atoms with Crippen LogP contribution in [0.1, 0.15) is 69.1 Å². The number of nitrogens with zero attached hydrogens (tertiary/aromatic N) is 1. The van der Waals surface area contributed by atoms with Gasteiger partial charge < -0.3 is 19.7 Å². The first kappa shape index (κ1) is 28.2. The first-order valence-electron chi connectivity index (χ1n) is 12.8. The summed E-state index contributed by atoms with van der Waals surface area (Å²) in [6.07, 6.45) is -5.40. The van der Waals surface area contributed by atoms with Crippen molar-refractivity contribution in [2.24, 2.45) is 11.3 Å². The lowest BCUT2D eigenvalue weighted by Gasteiger charge is -2.34. The Hall–Kier alpha value is -1.85. The monoisotopic (exact) mass is 536 g/mol. The van der Waals surface area contributed by atoms with E-state index in [1.165, 1.54) is 0 Å². The Morgan fingerprint density at radius 2 is 1.62 bits per heavy atom. The van der Waals surface area contributed by atoms with Crippen LogP contribution in [-0.4, -0.2) is 48.9 Å². The summed E-state index contributed by atoms with van der Waals surface area (Å²) in [4.78, 5) is 15.8. The third kappa shape index (κ3) is 6.09. The molecule has 1 N–H and O–H groups in total. The van der Waals surface area contributed by atoms with Gasteiger partial charge in [0.25, 0.3) is 0 Å². The SMILES string of the molecule is CC(C)C1(C(=O)NCc2cc(C(F)(F)F)cc(C(F)(F)F)c2)CCC(N2CCCC3(CC2)OCCO3)C1. The number of nitrogens with one attached hydrogen (secondary N) is 1. The normalized spacial score (nSPS) is 27.1. The van der Waals surface area contributed by atoms with Crippen LogP contribution in [0.2, 0.25) is 0 Å². The summed E-state index contributed by atoms with van der Waals surface area (Å²) < 4.78 is 91.0. The van der Waals surface area contributed by atoms with Crippen LogP contribution in [0.15, 0.2) is 18.2 Å². The minimum atomic E-state index is -4.93. The molecule has 1 spiro atoms. The zero-order valence-electron chi connectivity index (χ0n) is 21.1. The summed E-state index contributed by atoms with van der Waals surface area (Å²) in [7, 11) is 0. The number of ether oxygens (including phenoxy) is 2. The van der Waals surface area contributed by atoms with E-state index in [2.05, 4.69) is 10.2 Å². The standard InChI is InChI=1S/C26H34F6N2O3/c1-17(2)23(6-4-21(15-23)34-8-3-5-24(7-9-34)36-10-11-37-24)22(35)33-16-18-12-19(25(27,28)29)14-20(13-18)26(30,31)32/h12-14,17,21H,3-11,15-16H2,1-2H3,(H,33,35). The maximum absolute atomic E-state index is 13.4. The second kappa shape index (κ2) is 10.4. The molecule has 1 saturated carbocycles. The molecule has 2 atom stereocenters. The van der Waals surface area contributed by atoms with Crippen molar-refractivity contribution in [3.05, 3.63) is 34.9 Å². The Morgan fingerprint density at radius 3 is 2.19 bits per heavy atom. The maximum atomic E-state index is 13.4. The number of alkyl halides is 6. The number of amides is 1. The van der Waals surface area contributed by atoms with E-state index in [4.69, 9.17) is 9.47 Å². The average molecular weight is 537 g/mol. The van der Waals surface area contributed by atoms with Crippen molar-refractivity contribution in [3.63, 3.8) is 0 Å². The van der Waals surface area contributed by atoms with E-state index in [0.717, 1.165) is 38.8 Å². The molecule has 1 aliphatic carbocycles. The number of hydrogen-bond acceptors (Lipinski definition) is 4. The van der Waals surface area contributed by atoms with Crippen molar-refractivity contribution >= 4 is 5.91 Å². The Labute approximate surface area is 212 Å². The van der Waals surface area contributed by atoms with E-state index in [-0.39, 0.29) is 29.5 Å². The van der Waals surface area contributed by atoms with E-state index in [1.54, 1.807) is 0 Å². The van der Waals surface area contributed by atoms with Crippen LogP contribution in [0.25, 0.3) is 0 Å².